The molecule has 2 heteroatoms. The molecule has 0 radical (unpaired) electrons. The zero-order chi connectivity index (χ0) is 9.54. The van der Waals surface area contributed by atoms with Crippen LogP contribution in [0.5, 0.6) is 0 Å². The number of aromatic nitrogens is 1. The lowest BCUT2D eigenvalue weighted by atomic mass is 9.92. The highest BCUT2D eigenvalue weighted by Crippen LogP contribution is 2.36. The van der Waals surface area contributed by atoms with Crippen molar-refractivity contribution < 1.29 is 5.32 Å². The first kappa shape index (κ1) is 8.18. The molecule has 1 aromatic rings. The molecule has 2 nitrogen and oxygen atoms in total. The van der Waals surface area contributed by atoms with E-state index < -0.39 is 0 Å². The number of pyridine rings is 1. The number of aryl methyl sites for hydroxylation is 1. The summed E-state index contributed by atoms with van der Waals surface area (Å²) in [6, 6.07) is 2.12. The Balaban J connectivity index is 2.17. The number of hydrogen-bond acceptors (Lipinski definition) is 1. The molecule has 0 aromatic carbocycles. The van der Waals surface area contributed by atoms with E-state index in [-0.39, 0.29) is 0 Å². The van der Waals surface area contributed by atoms with Gasteiger partial charge in [0.05, 0.1) is 5.56 Å². The van der Waals surface area contributed by atoms with Crippen molar-refractivity contribution in [1.29, 1.82) is 0 Å². The normalized spacial score (nSPS) is 19.5. The average molecular weight is 187 g/mol. The number of rotatable bonds is 0. The van der Waals surface area contributed by atoms with Gasteiger partial charge < -0.3 is 0 Å². The van der Waals surface area contributed by atoms with Gasteiger partial charge in [0.1, 0.15) is 5.70 Å². The van der Waals surface area contributed by atoms with E-state index in [0.29, 0.717) is 0 Å². The minimum Gasteiger partial charge on any atom is -0.268 e. The van der Waals surface area contributed by atoms with Crippen LogP contribution in [-0.4, -0.2) is 4.98 Å². The van der Waals surface area contributed by atoms with Crippen LogP contribution < -0.4 is 5.32 Å². The molecule has 3 rings (SSSR count). The number of quaternary nitrogens is 1. The van der Waals surface area contributed by atoms with Crippen molar-refractivity contribution in [2.75, 3.05) is 0 Å². The SMILES string of the molecule is Cc1ccnc2c1C1=C(CCCC1)[NH2+]2. The topological polar surface area (TPSA) is 29.5 Å². The summed E-state index contributed by atoms with van der Waals surface area (Å²) in [5.74, 6) is 1.21. The van der Waals surface area contributed by atoms with Gasteiger partial charge >= 0.3 is 0 Å². The molecule has 14 heavy (non-hydrogen) atoms. The van der Waals surface area contributed by atoms with E-state index in [1.807, 2.05) is 6.20 Å². The molecule has 2 aliphatic rings. The van der Waals surface area contributed by atoms with E-state index in [1.165, 1.54) is 42.6 Å². The Bertz CT molecular complexity index is 418. The van der Waals surface area contributed by atoms with E-state index in [2.05, 4.69) is 23.3 Å². The van der Waals surface area contributed by atoms with E-state index in [9.17, 15) is 0 Å². The molecular weight excluding hydrogens is 172 g/mol. The molecule has 2 heterocycles. The van der Waals surface area contributed by atoms with Crippen molar-refractivity contribution in [2.45, 2.75) is 32.6 Å². The maximum absolute atomic E-state index is 4.45. The van der Waals surface area contributed by atoms with Crippen molar-refractivity contribution in [1.82, 2.24) is 4.98 Å². The second-order valence-electron chi connectivity index (χ2n) is 4.24. The molecule has 0 fully saturated rings. The fourth-order valence-corrected chi connectivity index (χ4v) is 2.62. The maximum atomic E-state index is 4.45. The minimum atomic E-state index is 1.21. The van der Waals surface area contributed by atoms with Gasteiger partial charge in [-0.25, -0.2) is 4.98 Å². The van der Waals surface area contributed by atoms with Gasteiger partial charge in [-0.05, 0) is 37.8 Å². The highest BCUT2D eigenvalue weighted by molar-refractivity contribution is 5.78. The number of nitrogens with two attached hydrogens (primary N) is 1. The molecule has 0 bridgehead atoms. The Morgan fingerprint density at radius 3 is 3.07 bits per heavy atom. The molecule has 1 aliphatic carbocycles. The summed E-state index contributed by atoms with van der Waals surface area (Å²) in [5.41, 5.74) is 5.95. The van der Waals surface area contributed by atoms with Gasteiger partial charge in [-0.15, -0.1) is 0 Å². The monoisotopic (exact) mass is 187 g/mol. The molecule has 0 spiro atoms. The minimum absolute atomic E-state index is 1.21. The average Bonchev–Trinajstić information content (AvgIpc) is 2.57. The summed E-state index contributed by atoms with van der Waals surface area (Å²) >= 11 is 0. The van der Waals surface area contributed by atoms with Gasteiger partial charge in [-0.2, -0.15) is 0 Å². The van der Waals surface area contributed by atoms with E-state index in [0.717, 1.165) is 0 Å². The lowest BCUT2D eigenvalue weighted by molar-refractivity contribution is -0.519. The van der Waals surface area contributed by atoms with Crippen molar-refractivity contribution in [3.63, 3.8) is 0 Å². The van der Waals surface area contributed by atoms with Crippen LogP contribution in [0, 0.1) is 6.92 Å². The molecule has 0 saturated heterocycles. The molecule has 2 N–H and O–H groups in total. The third-order valence-corrected chi connectivity index (χ3v) is 3.31. The molecule has 1 aliphatic heterocycles. The number of hydrogen-bond donors (Lipinski definition) is 1. The molecule has 1 aromatic heterocycles. The fourth-order valence-electron chi connectivity index (χ4n) is 2.62. The van der Waals surface area contributed by atoms with Gasteiger partial charge in [-0.1, -0.05) is 0 Å². The smallest absolute Gasteiger partial charge is 0.237 e. The third-order valence-electron chi connectivity index (χ3n) is 3.31. The van der Waals surface area contributed by atoms with Gasteiger partial charge in [0.2, 0.25) is 5.82 Å². The Labute approximate surface area is 84.1 Å². The number of allylic oxidation sites excluding steroid dienone is 2. The summed E-state index contributed by atoms with van der Waals surface area (Å²) in [5, 5.41) is 2.29. The lowest BCUT2D eigenvalue weighted by Gasteiger charge is -2.10. The first-order valence-electron chi connectivity index (χ1n) is 5.39. The summed E-state index contributed by atoms with van der Waals surface area (Å²) < 4.78 is 0. The van der Waals surface area contributed by atoms with E-state index in [4.69, 9.17) is 0 Å². The van der Waals surface area contributed by atoms with Crippen LogP contribution in [0.25, 0.3) is 5.57 Å². The van der Waals surface area contributed by atoms with Crippen molar-refractivity contribution in [2.24, 2.45) is 0 Å². The van der Waals surface area contributed by atoms with Crippen LogP contribution in [0.4, 0.5) is 5.82 Å². The zero-order valence-electron chi connectivity index (χ0n) is 8.51. The molecule has 0 unspecified atom stereocenters. The maximum Gasteiger partial charge on any atom is 0.237 e. The van der Waals surface area contributed by atoms with Crippen molar-refractivity contribution >= 4 is 11.4 Å². The highest BCUT2D eigenvalue weighted by Gasteiger charge is 2.30. The van der Waals surface area contributed by atoms with Crippen LogP contribution in [0.15, 0.2) is 18.0 Å². The lowest BCUT2D eigenvalue weighted by Crippen LogP contribution is -2.74. The van der Waals surface area contributed by atoms with Gasteiger partial charge in [0, 0.05) is 18.2 Å². The Hall–Kier alpha value is -1.15. The molecule has 0 saturated carbocycles. The van der Waals surface area contributed by atoms with Gasteiger partial charge in [0.25, 0.3) is 0 Å². The second-order valence-corrected chi connectivity index (χ2v) is 4.24. The molecule has 72 valence electrons. The number of nitrogens with zero attached hydrogens (tertiary/aromatic N) is 1. The standard InChI is InChI=1S/C12H14N2/c1-8-6-7-13-12-11(8)9-4-2-3-5-10(9)14-12/h6-7H,2-5H2,1H3,(H,13,14)/p+1. The third kappa shape index (κ3) is 1.04. The summed E-state index contributed by atoms with van der Waals surface area (Å²) in [7, 11) is 0. The molecular formula is C12H15N2+. The van der Waals surface area contributed by atoms with E-state index in [1.54, 1.807) is 11.3 Å². The Morgan fingerprint density at radius 1 is 1.29 bits per heavy atom. The quantitative estimate of drug-likeness (QED) is 0.660. The fraction of sp³-hybridized carbons (Fsp3) is 0.417. The summed E-state index contributed by atoms with van der Waals surface area (Å²) in [6.45, 7) is 2.19. The summed E-state index contributed by atoms with van der Waals surface area (Å²) in [4.78, 5) is 4.45. The van der Waals surface area contributed by atoms with Crippen molar-refractivity contribution in [3.8, 4) is 0 Å². The van der Waals surface area contributed by atoms with Crippen molar-refractivity contribution in [3.05, 3.63) is 29.1 Å². The highest BCUT2D eigenvalue weighted by atomic mass is 15.0. The predicted octanol–water partition coefficient (Wildman–Crippen LogP) is 1.88. The Kier molecular flexibility index (Phi) is 1.71. The van der Waals surface area contributed by atoms with Crippen LogP contribution in [-0.2, 0) is 0 Å². The Morgan fingerprint density at radius 2 is 2.14 bits per heavy atom. The second kappa shape index (κ2) is 2.92. The van der Waals surface area contributed by atoms with Gasteiger partial charge in [-0.3, -0.25) is 5.32 Å². The summed E-state index contributed by atoms with van der Waals surface area (Å²) in [6.07, 6.45) is 7.13. The first-order valence-corrected chi connectivity index (χ1v) is 5.39. The van der Waals surface area contributed by atoms with Crippen LogP contribution in [0.3, 0.4) is 0 Å². The largest absolute Gasteiger partial charge is 0.268 e. The van der Waals surface area contributed by atoms with Crippen LogP contribution in [0.2, 0.25) is 0 Å². The molecule has 0 atom stereocenters. The van der Waals surface area contributed by atoms with Crippen LogP contribution in [0.1, 0.15) is 36.8 Å². The van der Waals surface area contributed by atoms with Crippen LogP contribution >= 0.6 is 0 Å². The first-order chi connectivity index (χ1) is 6.86. The van der Waals surface area contributed by atoms with E-state index >= 15 is 0 Å². The molecule has 0 amide bonds. The number of fused-ring (bicyclic) bond motifs is 2. The predicted molar refractivity (Wildman–Crippen MR) is 55.9 cm³/mol. The van der Waals surface area contributed by atoms with Gasteiger partial charge in [0.15, 0.2) is 0 Å². The zero-order valence-corrected chi connectivity index (χ0v) is 8.51.